The van der Waals surface area contributed by atoms with Crippen molar-refractivity contribution in [3.8, 4) is 34.3 Å². The molecule has 0 unspecified atom stereocenters. The molecular formula is C42H63N3O2P+. The molecule has 262 valence electrons. The number of aromatic hydroxyl groups is 2. The van der Waals surface area contributed by atoms with Crippen molar-refractivity contribution < 1.29 is 10.2 Å². The minimum absolute atomic E-state index is 0.169. The smallest absolute Gasteiger partial charge is 0.185 e. The van der Waals surface area contributed by atoms with Gasteiger partial charge in [0.15, 0.2) is 11.6 Å². The van der Waals surface area contributed by atoms with Crippen LogP contribution in [0, 0.1) is 0 Å². The van der Waals surface area contributed by atoms with Crippen LogP contribution in [0.1, 0.15) is 148 Å². The van der Waals surface area contributed by atoms with Crippen molar-refractivity contribution in [1.82, 2.24) is 14.8 Å². The Balaban J connectivity index is 0.981. The zero-order valence-electron chi connectivity index (χ0n) is 29.7. The number of nitrogens with zero attached hydrogens (tertiary/aromatic N) is 3. The highest BCUT2D eigenvalue weighted by atomic mass is 31.2. The number of rotatable bonds is 16. The third kappa shape index (κ3) is 8.66. The Labute approximate surface area is 291 Å². The lowest BCUT2D eigenvalue weighted by Crippen LogP contribution is -2.37. The minimum atomic E-state index is -0.916. The van der Waals surface area contributed by atoms with E-state index in [0.717, 1.165) is 29.9 Å². The summed E-state index contributed by atoms with van der Waals surface area (Å²) in [5, 5.41) is 25.8. The van der Waals surface area contributed by atoms with E-state index in [2.05, 4.69) is 0 Å². The summed E-state index contributed by atoms with van der Waals surface area (Å²) < 4.78 is 1.91. The van der Waals surface area contributed by atoms with Crippen molar-refractivity contribution in [2.75, 3.05) is 6.16 Å². The summed E-state index contributed by atoms with van der Waals surface area (Å²) in [6.07, 6.45) is 35.3. The van der Waals surface area contributed by atoms with Crippen LogP contribution in [0.25, 0.3) is 22.8 Å². The first-order valence-corrected chi connectivity index (χ1v) is 22.2. The Hall–Kier alpha value is -2.39. The van der Waals surface area contributed by atoms with Gasteiger partial charge in [-0.25, -0.2) is 9.67 Å². The van der Waals surface area contributed by atoms with Crippen LogP contribution in [-0.2, 0) is 6.54 Å². The zero-order chi connectivity index (χ0) is 33.0. The fourth-order valence-corrected chi connectivity index (χ4v) is 17.6. The Morgan fingerprint density at radius 2 is 0.979 bits per heavy atom. The molecular weight excluding hydrogens is 609 g/mol. The van der Waals surface area contributed by atoms with Crippen molar-refractivity contribution in [3.63, 3.8) is 0 Å². The average molecular weight is 673 g/mol. The van der Waals surface area contributed by atoms with Crippen LogP contribution in [0.15, 0.2) is 48.5 Å². The Bertz CT molecular complexity index is 1340. The first kappa shape index (κ1) is 35.4. The van der Waals surface area contributed by atoms with Crippen LogP contribution in [0.3, 0.4) is 0 Å². The van der Waals surface area contributed by atoms with Crippen molar-refractivity contribution in [3.05, 3.63) is 48.5 Å². The molecule has 0 aliphatic heterocycles. The van der Waals surface area contributed by atoms with Gasteiger partial charge < -0.3 is 10.2 Å². The molecule has 1 heterocycles. The van der Waals surface area contributed by atoms with Crippen LogP contribution >= 0.6 is 7.26 Å². The molecule has 0 bridgehead atoms. The van der Waals surface area contributed by atoms with Gasteiger partial charge in [0.1, 0.15) is 11.5 Å². The number of hydrogen-bond donors (Lipinski definition) is 2. The van der Waals surface area contributed by atoms with Crippen molar-refractivity contribution in [2.24, 2.45) is 0 Å². The molecule has 2 aromatic carbocycles. The van der Waals surface area contributed by atoms with Crippen LogP contribution in [0.2, 0.25) is 0 Å². The molecule has 1 aromatic heterocycles. The molecule has 48 heavy (non-hydrogen) atoms. The van der Waals surface area contributed by atoms with Gasteiger partial charge in [-0.15, -0.1) is 0 Å². The fraction of sp³-hybridized carbons (Fsp3) is 0.667. The monoisotopic (exact) mass is 672 g/mol. The second-order valence-corrected chi connectivity index (χ2v) is 20.1. The van der Waals surface area contributed by atoms with Gasteiger partial charge in [0.05, 0.1) is 34.3 Å². The van der Waals surface area contributed by atoms with E-state index < -0.39 is 7.26 Å². The molecule has 0 atom stereocenters. The molecule has 2 N–H and O–H groups in total. The number of hydrogen-bond acceptors (Lipinski definition) is 4. The van der Waals surface area contributed by atoms with E-state index in [1.165, 1.54) is 103 Å². The number of phenolic OH excluding ortho intramolecular Hbond substituents is 2. The molecule has 0 radical (unpaired) electrons. The van der Waals surface area contributed by atoms with Gasteiger partial charge in [-0.05, 0) is 121 Å². The highest BCUT2D eigenvalue weighted by Crippen LogP contribution is 2.77. The maximum absolute atomic E-state index is 10.6. The Kier molecular flexibility index (Phi) is 13.3. The summed E-state index contributed by atoms with van der Waals surface area (Å²) in [5.74, 6) is 1.52. The summed E-state index contributed by atoms with van der Waals surface area (Å²) in [6, 6.07) is 14.5. The highest BCUT2D eigenvalue weighted by Gasteiger charge is 2.56. The molecule has 5 nitrogen and oxygen atoms in total. The number of para-hydroxylation sites is 2. The third-order valence-corrected chi connectivity index (χ3v) is 19.1. The number of benzene rings is 2. The van der Waals surface area contributed by atoms with E-state index in [0.29, 0.717) is 22.8 Å². The normalized spacial score (nSPS) is 18.8. The van der Waals surface area contributed by atoms with Crippen LogP contribution in [0.4, 0.5) is 0 Å². The first-order valence-electron chi connectivity index (χ1n) is 20.1. The quantitative estimate of drug-likeness (QED) is 0.117. The molecule has 0 saturated heterocycles. The second-order valence-electron chi connectivity index (χ2n) is 15.4. The Morgan fingerprint density at radius 3 is 1.48 bits per heavy atom. The van der Waals surface area contributed by atoms with E-state index in [9.17, 15) is 10.2 Å². The number of phenols is 2. The van der Waals surface area contributed by atoms with Gasteiger partial charge >= 0.3 is 0 Å². The number of aryl methyl sites for hydroxylation is 1. The molecule has 3 aliphatic carbocycles. The standard InChI is InChI=1S/C42H62N3O2P/c46-39-30-18-16-28-37(39)41-43-42(38-29-17-19-31-40(38)47)45(44-41)32-20-5-3-1-2-4-6-21-33-48(34-22-10-7-11-23-34,35-24-12-8-13-25-35)36-26-14-9-15-27-36/h16-19,28-31,34-36H,1-15,20-27,32-33H2,(H-,43,44,46,47)/p+1. The zero-order valence-corrected chi connectivity index (χ0v) is 30.6. The van der Waals surface area contributed by atoms with E-state index >= 15 is 0 Å². The summed E-state index contributed by atoms with van der Waals surface area (Å²) in [7, 11) is -0.916. The summed E-state index contributed by atoms with van der Waals surface area (Å²) in [4.78, 5) is 4.77. The van der Waals surface area contributed by atoms with E-state index in [-0.39, 0.29) is 11.5 Å². The molecule has 0 spiro atoms. The third-order valence-electron chi connectivity index (χ3n) is 12.4. The Morgan fingerprint density at radius 1 is 0.542 bits per heavy atom. The number of unbranched alkanes of at least 4 members (excludes halogenated alkanes) is 7. The van der Waals surface area contributed by atoms with E-state index in [4.69, 9.17) is 10.1 Å². The lowest BCUT2D eigenvalue weighted by Gasteiger charge is -2.49. The topological polar surface area (TPSA) is 71.2 Å². The van der Waals surface area contributed by atoms with Gasteiger partial charge in [-0.3, -0.25) is 0 Å². The SMILES string of the molecule is Oc1ccccc1-c1nc(-c2ccccc2O)n(CCCCCCCCCC[P+](C2CCCCC2)(C2CCCCC2)C2CCCCC2)n1. The summed E-state index contributed by atoms with van der Waals surface area (Å²) >= 11 is 0. The van der Waals surface area contributed by atoms with Crippen molar-refractivity contribution in [1.29, 1.82) is 0 Å². The molecule has 3 aliphatic rings. The average Bonchev–Trinajstić information content (AvgIpc) is 3.55. The highest BCUT2D eigenvalue weighted by molar-refractivity contribution is 7.77. The predicted octanol–water partition coefficient (Wildman–Crippen LogP) is 12.2. The second kappa shape index (κ2) is 18.0. The fourth-order valence-electron chi connectivity index (χ4n) is 9.97. The van der Waals surface area contributed by atoms with Crippen LogP contribution in [-0.4, -0.2) is 48.1 Å². The van der Waals surface area contributed by atoms with Gasteiger partial charge in [0.25, 0.3) is 0 Å². The lowest BCUT2D eigenvalue weighted by atomic mass is 9.99. The molecule has 3 fully saturated rings. The predicted molar refractivity (Wildman–Crippen MR) is 204 cm³/mol. The summed E-state index contributed by atoms with van der Waals surface area (Å²) in [5.41, 5.74) is 4.67. The molecule has 3 aromatic rings. The molecule has 3 saturated carbocycles. The first-order chi connectivity index (χ1) is 23.7. The van der Waals surface area contributed by atoms with Crippen molar-refractivity contribution >= 4 is 7.26 Å². The minimum Gasteiger partial charge on any atom is -0.507 e. The number of aromatic nitrogens is 3. The van der Waals surface area contributed by atoms with Gasteiger partial charge in [-0.2, -0.15) is 5.10 Å². The maximum atomic E-state index is 10.6. The van der Waals surface area contributed by atoms with Crippen molar-refractivity contribution in [2.45, 2.75) is 171 Å². The molecule has 6 rings (SSSR count). The van der Waals surface area contributed by atoms with Gasteiger partial charge in [0.2, 0.25) is 0 Å². The lowest BCUT2D eigenvalue weighted by molar-refractivity contribution is 0.449. The van der Waals surface area contributed by atoms with Crippen LogP contribution < -0.4 is 0 Å². The van der Waals surface area contributed by atoms with Gasteiger partial charge in [0, 0.05) is 13.8 Å². The van der Waals surface area contributed by atoms with E-state index in [1.807, 2.05) is 35.0 Å². The molecule has 6 heteroatoms. The summed E-state index contributed by atoms with van der Waals surface area (Å²) in [6.45, 7) is 0.750. The van der Waals surface area contributed by atoms with E-state index in [1.54, 1.807) is 62.9 Å². The largest absolute Gasteiger partial charge is 0.507 e. The van der Waals surface area contributed by atoms with Crippen LogP contribution in [0.5, 0.6) is 11.5 Å². The molecule has 0 amide bonds. The maximum Gasteiger partial charge on any atom is 0.185 e. The van der Waals surface area contributed by atoms with Gasteiger partial charge in [-0.1, -0.05) is 75.6 Å².